The first kappa shape index (κ1) is 16.9. The van der Waals surface area contributed by atoms with Crippen LogP contribution in [0.5, 0.6) is 5.75 Å². The van der Waals surface area contributed by atoms with E-state index in [2.05, 4.69) is 20.9 Å². The smallest absolute Gasteiger partial charge is 0.359 e. The van der Waals surface area contributed by atoms with E-state index in [4.69, 9.17) is 9.47 Å². The quantitative estimate of drug-likeness (QED) is 0.469. The van der Waals surface area contributed by atoms with Crippen LogP contribution in [0.4, 0.5) is 0 Å². The number of halogens is 1. The lowest BCUT2D eigenvalue weighted by Crippen LogP contribution is -2.06. The van der Waals surface area contributed by atoms with Gasteiger partial charge in [0.05, 0.1) is 17.1 Å². The van der Waals surface area contributed by atoms with E-state index in [0.29, 0.717) is 5.69 Å². The van der Waals surface area contributed by atoms with E-state index in [1.165, 1.54) is 11.8 Å². The molecule has 0 amide bonds. The van der Waals surface area contributed by atoms with Gasteiger partial charge in [-0.25, -0.2) is 9.78 Å². The largest absolute Gasteiger partial charge is 0.496 e. The van der Waals surface area contributed by atoms with E-state index in [9.17, 15) is 4.79 Å². The second-order valence-corrected chi connectivity index (χ2v) is 6.58. The minimum absolute atomic E-state index is 0.169. The van der Waals surface area contributed by atoms with Crippen molar-refractivity contribution in [3.05, 3.63) is 58.3 Å². The number of methoxy groups -OCH3 is 1. The predicted molar refractivity (Wildman–Crippen MR) is 96.8 cm³/mol. The van der Waals surface area contributed by atoms with Crippen molar-refractivity contribution in [3.63, 3.8) is 0 Å². The molecule has 0 spiro atoms. The molecule has 0 saturated carbocycles. The van der Waals surface area contributed by atoms with E-state index in [1.54, 1.807) is 7.11 Å². The van der Waals surface area contributed by atoms with Gasteiger partial charge < -0.3 is 9.47 Å². The number of fused-ring (bicyclic) bond motifs is 1. The number of thioether (sulfide) groups is 1. The van der Waals surface area contributed by atoms with Crippen molar-refractivity contribution in [1.82, 2.24) is 9.38 Å². The Morgan fingerprint density at radius 3 is 2.88 bits per heavy atom. The van der Waals surface area contributed by atoms with Gasteiger partial charge >= 0.3 is 5.97 Å². The average Bonchev–Trinajstić information content (AvgIpc) is 2.99. The third-order valence-electron chi connectivity index (χ3n) is 3.48. The highest BCUT2D eigenvalue weighted by Gasteiger charge is 2.18. The molecule has 2 heterocycles. The highest BCUT2D eigenvalue weighted by molar-refractivity contribution is 9.10. The average molecular weight is 407 g/mol. The van der Waals surface area contributed by atoms with Gasteiger partial charge in [0.1, 0.15) is 12.4 Å². The Morgan fingerprint density at radius 2 is 2.17 bits per heavy atom. The summed E-state index contributed by atoms with van der Waals surface area (Å²) in [4.78, 5) is 16.8. The van der Waals surface area contributed by atoms with Crippen LogP contribution < -0.4 is 4.74 Å². The van der Waals surface area contributed by atoms with Crippen LogP contribution in [0.25, 0.3) is 5.52 Å². The van der Waals surface area contributed by atoms with Gasteiger partial charge in [-0.2, -0.15) is 0 Å². The third kappa shape index (κ3) is 3.27. The van der Waals surface area contributed by atoms with Crippen LogP contribution in [-0.2, 0) is 11.3 Å². The summed E-state index contributed by atoms with van der Waals surface area (Å²) >= 11 is 4.90. The monoisotopic (exact) mass is 406 g/mol. The number of rotatable bonds is 5. The number of pyridine rings is 1. The first-order valence-corrected chi connectivity index (χ1v) is 9.16. The SMILES string of the molecule is COc1ccc(COC(=O)c2nc(SC)n3ccccc23)cc1Br. The number of hydrogen-bond acceptors (Lipinski definition) is 5. The molecule has 0 aliphatic heterocycles. The summed E-state index contributed by atoms with van der Waals surface area (Å²) in [5.41, 5.74) is 1.93. The van der Waals surface area contributed by atoms with Gasteiger partial charge in [0.15, 0.2) is 10.9 Å². The van der Waals surface area contributed by atoms with Crippen LogP contribution in [0.1, 0.15) is 16.1 Å². The maximum atomic E-state index is 12.4. The lowest BCUT2D eigenvalue weighted by atomic mass is 10.2. The van der Waals surface area contributed by atoms with Crippen molar-refractivity contribution in [2.24, 2.45) is 0 Å². The Morgan fingerprint density at radius 1 is 1.33 bits per heavy atom. The number of nitrogens with zero attached hydrogens (tertiary/aromatic N) is 2. The number of benzene rings is 1. The van der Waals surface area contributed by atoms with Crippen molar-refractivity contribution in [1.29, 1.82) is 0 Å². The predicted octanol–water partition coefficient (Wildman–Crippen LogP) is 4.18. The summed E-state index contributed by atoms with van der Waals surface area (Å²) < 4.78 is 13.3. The second kappa shape index (κ2) is 7.27. The summed E-state index contributed by atoms with van der Waals surface area (Å²) in [7, 11) is 1.60. The second-order valence-electron chi connectivity index (χ2n) is 4.95. The van der Waals surface area contributed by atoms with Crippen LogP contribution in [0.2, 0.25) is 0 Å². The first-order chi connectivity index (χ1) is 11.6. The zero-order chi connectivity index (χ0) is 17.1. The molecule has 24 heavy (non-hydrogen) atoms. The number of carbonyl (C=O) groups excluding carboxylic acids is 1. The van der Waals surface area contributed by atoms with Crippen molar-refractivity contribution in [2.75, 3.05) is 13.4 Å². The Balaban J connectivity index is 1.79. The molecule has 2 aromatic heterocycles. The van der Waals surface area contributed by atoms with Gasteiger partial charge in [-0.05, 0) is 52.0 Å². The molecule has 1 aromatic carbocycles. The van der Waals surface area contributed by atoms with Gasteiger partial charge in [0, 0.05) is 6.20 Å². The maximum Gasteiger partial charge on any atom is 0.359 e. The molecule has 0 saturated heterocycles. The minimum Gasteiger partial charge on any atom is -0.496 e. The third-order valence-corrected chi connectivity index (χ3v) is 4.75. The first-order valence-electron chi connectivity index (χ1n) is 7.14. The van der Waals surface area contributed by atoms with Gasteiger partial charge in [-0.3, -0.25) is 4.40 Å². The molecule has 5 nitrogen and oxygen atoms in total. The Bertz CT molecular complexity index is 895. The molecule has 7 heteroatoms. The Labute approximate surface area is 152 Å². The molecule has 3 aromatic rings. The molecular formula is C17H15BrN2O3S. The lowest BCUT2D eigenvalue weighted by Gasteiger charge is -2.07. The summed E-state index contributed by atoms with van der Waals surface area (Å²) in [5.74, 6) is 0.292. The van der Waals surface area contributed by atoms with Crippen molar-refractivity contribution in [3.8, 4) is 5.75 Å². The molecule has 0 bridgehead atoms. The van der Waals surface area contributed by atoms with E-state index in [0.717, 1.165) is 26.5 Å². The number of carbonyl (C=O) groups is 1. The molecule has 0 unspecified atom stereocenters. The minimum atomic E-state index is -0.439. The molecule has 0 aliphatic rings. The molecule has 0 atom stereocenters. The Hall–Kier alpha value is -1.99. The van der Waals surface area contributed by atoms with Gasteiger partial charge in [-0.15, -0.1) is 0 Å². The van der Waals surface area contributed by atoms with E-state index in [1.807, 2.05) is 53.3 Å². The summed E-state index contributed by atoms with van der Waals surface area (Å²) in [5, 5.41) is 0.754. The van der Waals surface area contributed by atoms with Gasteiger partial charge in [-0.1, -0.05) is 23.9 Å². The number of hydrogen-bond donors (Lipinski definition) is 0. The highest BCUT2D eigenvalue weighted by Crippen LogP contribution is 2.26. The highest BCUT2D eigenvalue weighted by atomic mass is 79.9. The molecule has 0 fully saturated rings. The number of aromatic nitrogens is 2. The zero-order valence-corrected chi connectivity index (χ0v) is 15.6. The van der Waals surface area contributed by atoms with E-state index < -0.39 is 5.97 Å². The Kier molecular flexibility index (Phi) is 5.11. The molecule has 0 radical (unpaired) electrons. The van der Waals surface area contributed by atoms with Crippen molar-refractivity contribution >= 4 is 39.2 Å². The molecule has 124 valence electrons. The molecule has 0 N–H and O–H groups in total. The van der Waals surface area contributed by atoms with Crippen molar-refractivity contribution < 1.29 is 14.3 Å². The lowest BCUT2D eigenvalue weighted by molar-refractivity contribution is 0.0468. The fraction of sp³-hybridized carbons (Fsp3) is 0.176. The van der Waals surface area contributed by atoms with Crippen LogP contribution in [-0.4, -0.2) is 28.7 Å². The standard InChI is InChI=1S/C17H15BrN2O3S/c1-22-14-7-6-11(9-12(14)18)10-23-16(21)15-13-5-3-4-8-20(13)17(19-15)24-2/h3-9H,10H2,1-2H3. The zero-order valence-electron chi connectivity index (χ0n) is 13.2. The van der Waals surface area contributed by atoms with Crippen LogP contribution in [0.15, 0.2) is 52.2 Å². The fourth-order valence-corrected chi connectivity index (χ4v) is 3.45. The maximum absolute atomic E-state index is 12.4. The van der Waals surface area contributed by atoms with Crippen LogP contribution >= 0.6 is 27.7 Å². The normalized spacial score (nSPS) is 10.8. The van der Waals surface area contributed by atoms with Crippen LogP contribution in [0, 0.1) is 0 Å². The summed E-state index contributed by atoms with van der Waals surface area (Å²) in [6.45, 7) is 0.169. The number of esters is 1. The van der Waals surface area contributed by atoms with Crippen LogP contribution in [0.3, 0.4) is 0 Å². The summed E-state index contributed by atoms with van der Waals surface area (Å²) in [6.07, 6.45) is 3.80. The number of ether oxygens (including phenoxy) is 2. The topological polar surface area (TPSA) is 52.8 Å². The van der Waals surface area contributed by atoms with E-state index >= 15 is 0 Å². The summed E-state index contributed by atoms with van der Waals surface area (Å²) in [6, 6.07) is 11.2. The molecule has 0 aliphatic carbocycles. The molecule has 3 rings (SSSR count). The van der Waals surface area contributed by atoms with Crippen molar-refractivity contribution in [2.45, 2.75) is 11.8 Å². The molecular weight excluding hydrogens is 392 g/mol. The van der Waals surface area contributed by atoms with Gasteiger partial charge in [0.25, 0.3) is 0 Å². The fourth-order valence-electron chi connectivity index (χ4n) is 2.32. The van der Waals surface area contributed by atoms with Gasteiger partial charge in [0.2, 0.25) is 0 Å². The number of imidazole rings is 1. The van der Waals surface area contributed by atoms with E-state index in [-0.39, 0.29) is 6.61 Å².